The van der Waals surface area contributed by atoms with Crippen molar-refractivity contribution in [2.45, 2.75) is 6.92 Å². The van der Waals surface area contributed by atoms with Crippen molar-refractivity contribution in [2.75, 3.05) is 0 Å². The Bertz CT molecular complexity index is 578. The Hall–Kier alpha value is -1.12. The molecule has 0 saturated heterocycles. The monoisotopic (exact) mass is 292 g/mol. The highest BCUT2D eigenvalue weighted by atomic mass is 127. The van der Waals surface area contributed by atoms with Crippen molar-refractivity contribution in [3.63, 3.8) is 0 Å². The summed E-state index contributed by atoms with van der Waals surface area (Å²) in [7, 11) is 0. The SMILES string of the molecule is Cc1nn2c(=O)[nH]c(=O)[nH]c2c1I. The molecule has 0 aromatic carbocycles. The lowest BCUT2D eigenvalue weighted by Crippen LogP contribution is -2.28. The minimum absolute atomic E-state index is 0.437. The fraction of sp³-hybridized carbons (Fsp3) is 0.167. The first-order chi connectivity index (χ1) is 6.09. The van der Waals surface area contributed by atoms with Crippen molar-refractivity contribution in [3.8, 4) is 0 Å². The summed E-state index contributed by atoms with van der Waals surface area (Å²) in [5.41, 5.74) is 0.111. The van der Waals surface area contributed by atoms with Crippen molar-refractivity contribution in [3.05, 3.63) is 30.2 Å². The molecule has 0 spiro atoms. The summed E-state index contributed by atoms with van der Waals surface area (Å²) in [5.74, 6) is 0. The lowest BCUT2D eigenvalue weighted by molar-refractivity contribution is 0.811. The summed E-state index contributed by atoms with van der Waals surface area (Å²) in [6.45, 7) is 1.77. The third-order valence-electron chi connectivity index (χ3n) is 1.63. The van der Waals surface area contributed by atoms with Crippen LogP contribution in [0, 0.1) is 10.5 Å². The molecule has 2 aromatic heterocycles. The average molecular weight is 292 g/mol. The molecule has 0 aliphatic carbocycles. The molecular formula is C6H5IN4O2. The number of rotatable bonds is 0. The summed E-state index contributed by atoms with van der Waals surface area (Å²) in [6.07, 6.45) is 0. The van der Waals surface area contributed by atoms with E-state index in [0.29, 0.717) is 11.3 Å². The van der Waals surface area contributed by atoms with Gasteiger partial charge in [0.2, 0.25) is 0 Å². The van der Waals surface area contributed by atoms with E-state index in [9.17, 15) is 9.59 Å². The van der Waals surface area contributed by atoms with Gasteiger partial charge in [0.05, 0.1) is 9.26 Å². The molecule has 0 radical (unpaired) electrons. The Morgan fingerprint density at radius 3 is 2.77 bits per heavy atom. The van der Waals surface area contributed by atoms with E-state index in [1.807, 2.05) is 22.6 Å². The molecule has 0 unspecified atom stereocenters. The minimum Gasteiger partial charge on any atom is -0.291 e. The van der Waals surface area contributed by atoms with Crippen LogP contribution in [0.3, 0.4) is 0 Å². The van der Waals surface area contributed by atoms with E-state index in [2.05, 4.69) is 15.1 Å². The Kier molecular flexibility index (Phi) is 1.75. The van der Waals surface area contributed by atoms with Crippen molar-refractivity contribution < 1.29 is 0 Å². The molecule has 2 N–H and O–H groups in total. The van der Waals surface area contributed by atoms with Gasteiger partial charge in [-0.1, -0.05) is 0 Å². The highest BCUT2D eigenvalue weighted by Gasteiger charge is 2.08. The van der Waals surface area contributed by atoms with Crippen LogP contribution in [-0.4, -0.2) is 19.6 Å². The predicted molar refractivity (Wildman–Crippen MR) is 53.9 cm³/mol. The number of aryl methyl sites for hydroxylation is 1. The minimum atomic E-state index is -0.523. The lowest BCUT2D eigenvalue weighted by atomic mass is 10.5. The Labute approximate surface area is 85.1 Å². The molecule has 6 nitrogen and oxygen atoms in total. The van der Waals surface area contributed by atoms with Gasteiger partial charge in [0.15, 0.2) is 5.65 Å². The van der Waals surface area contributed by atoms with E-state index in [1.165, 1.54) is 0 Å². The van der Waals surface area contributed by atoms with E-state index < -0.39 is 11.4 Å². The summed E-state index contributed by atoms with van der Waals surface area (Å²) in [6, 6.07) is 0. The van der Waals surface area contributed by atoms with Crippen LogP contribution in [0.4, 0.5) is 0 Å². The van der Waals surface area contributed by atoms with Gasteiger partial charge in [-0.3, -0.25) is 9.97 Å². The smallest absolute Gasteiger partial charge is 0.291 e. The number of nitrogens with zero attached hydrogens (tertiary/aromatic N) is 2. The predicted octanol–water partition coefficient (Wildman–Crippen LogP) is -0.376. The van der Waals surface area contributed by atoms with E-state index in [1.54, 1.807) is 6.92 Å². The molecule has 2 aromatic rings. The summed E-state index contributed by atoms with van der Waals surface area (Å²) in [4.78, 5) is 26.7. The molecule has 2 rings (SSSR count). The van der Waals surface area contributed by atoms with Crippen LogP contribution < -0.4 is 11.4 Å². The van der Waals surface area contributed by atoms with E-state index in [-0.39, 0.29) is 0 Å². The maximum Gasteiger partial charge on any atom is 0.352 e. The average Bonchev–Trinajstić information content (AvgIpc) is 2.32. The molecule has 2 heterocycles. The quantitative estimate of drug-likeness (QED) is 0.650. The molecule has 0 aliphatic heterocycles. The fourth-order valence-corrected chi connectivity index (χ4v) is 1.52. The van der Waals surface area contributed by atoms with Crippen LogP contribution in [0.25, 0.3) is 5.65 Å². The summed E-state index contributed by atoms with van der Waals surface area (Å²) in [5, 5.41) is 3.95. The summed E-state index contributed by atoms with van der Waals surface area (Å²) < 4.78 is 1.92. The highest BCUT2D eigenvalue weighted by molar-refractivity contribution is 14.1. The first-order valence-corrected chi connectivity index (χ1v) is 4.55. The van der Waals surface area contributed by atoms with Crippen molar-refractivity contribution in [1.29, 1.82) is 0 Å². The summed E-state index contributed by atoms with van der Waals surface area (Å²) >= 11 is 2.02. The van der Waals surface area contributed by atoms with E-state index in [0.717, 1.165) is 8.09 Å². The number of H-pyrrole nitrogens is 2. The second-order valence-electron chi connectivity index (χ2n) is 2.54. The third-order valence-corrected chi connectivity index (χ3v) is 2.92. The number of aromatic amines is 2. The van der Waals surface area contributed by atoms with Gasteiger partial charge in [-0.05, 0) is 29.5 Å². The van der Waals surface area contributed by atoms with Gasteiger partial charge in [-0.2, -0.15) is 9.61 Å². The van der Waals surface area contributed by atoms with Gasteiger partial charge < -0.3 is 0 Å². The zero-order chi connectivity index (χ0) is 9.59. The Morgan fingerprint density at radius 2 is 2.08 bits per heavy atom. The first kappa shape index (κ1) is 8.48. The van der Waals surface area contributed by atoms with Crippen LogP contribution in [0.1, 0.15) is 5.69 Å². The molecule has 7 heteroatoms. The Morgan fingerprint density at radius 1 is 1.38 bits per heavy atom. The molecule has 0 amide bonds. The van der Waals surface area contributed by atoms with Crippen molar-refractivity contribution >= 4 is 28.2 Å². The van der Waals surface area contributed by atoms with E-state index >= 15 is 0 Å². The van der Waals surface area contributed by atoms with Gasteiger partial charge in [0, 0.05) is 0 Å². The molecule has 13 heavy (non-hydrogen) atoms. The van der Waals surface area contributed by atoms with E-state index in [4.69, 9.17) is 0 Å². The number of aromatic nitrogens is 4. The van der Waals surface area contributed by atoms with Gasteiger partial charge >= 0.3 is 11.4 Å². The molecule has 0 aliphatic rings. The van der Waals surface area contributed by atoms with Gasteiger partial charge in [-0.15, -0.1) is 0 Å². The normalized spacial score (nSPS) is 10.9. The zero-order valence-corrected chi connectivity index (χ0v) is 8.75. The number of halogens is 1. The largest absolute Gasteiger partial charge is 0.352 e. The first-order valence-electron chi connectivity index (χ1n) is 3.47. The van der Waals surface area contributed by atoms with Gasteiger partial charge in [0.1, 0.15) is 0 Å². The molecule has 0 bridgehead atoms. The topological polar surface area (TPSA) is 83.0 Å². The molecule has 68 valence electrons. The second-order valence-corrected chi connectivity index (χ2v) is 3.62. The standard InChI is InChI=1S/C6H5IN4O2/c1-2-3(7)4-8-5(12)9-6(13)11(4)10-2/h1H3,(H2,8,9,12,13). The zero-order valence-electron chi connectivity index (χ0n) is 6.59. The maximum atomic E-state index is 11.2. The highest BCUT2D eigenvalue weighted by Crippen LogP contribution is 2.11. The van der Waals surface area contributed by atoms with Gasteiger partial charge in [0.25, 0.3) is 0 Å². The number of hydrogen-bond acceptors (Lipinski definition) is 3. The van der Waals surface area contributed by atoms with Crippen LogP contribution in [0.2, 0.25) is 0 Å². The molecule has 0 fully saturated rings. The van der Waals surface area contributed by atoms with Crippen LogP contribution in [-0.2, 0) is 0 Å². The molecular weight excluding hydrogens is 287 g/mol. The number of nitrogens with one attached hydrogen (secondary N) is 2. The third kappa shape index (κ3) is 1.19. The maximum absolute atomic E-state index is 11.2. The van der Waals surface area contributed by atoms with Gasteiger partial charge in [-0.25, -0.2) is 9.59 Å². The second kappa shape index (κ2) is 2.69. The van der Waals surface area contributed by atoms with Crippen LogP contribution in [0.5, 0.6) is 0 Å². The molecule has 0 atom stereocenters. The van der Waals surface area contributed by atoms with Crippen LogP contribution in [0.15, 0.2) is 9.59 Å². The Balaban J connectivity index is 3.12. The fourth-order valence-electron chi connectivity index (χ4n) is 1.05. The van der Waals surface area contributed by atoms with Crippen molar-refractivity contribution in [2.24, 2.45) is 0 Å². The van der Waals surface area contributed by atoms with Crippen LogP contribution >= 0.6 is 22.6 Å². The molecule has 0 saturated carbocycles. The number of fused-ring (bicyclic) bond motifs is 1. The lowest BCUT2D eigenvalue weighted by Gasteiger charge is -1.89. The number of hydrogen-bond donors (Lipinski definition) is 2. The van der Waals surface area contributed by atoms with Crippen molar-refractivity contribution in [1.82, 2.24) is 19.6 Å².